The van der Waals surface area contributed by atoms with Gasteiger partial charge in [0, 0.05) is 43.9 Å². The van der Waals surface area contributed by atoms with Gasteiger partial charge >= 0.3 is 0 Å². The first-order valence-electron chi connectivity index (χ1n) is 18.9. The molecule has 3 aromatic heterocycles. The van der Waals surface area contributed by atoms with Crippen LogP contribution in [0.1, 0.15) is 0 Å². The number of para-hydroxylation sites is 2. The second kappa shape index (κ2) is 13.1. The van der Waals surface area contributed by atoms with Crippen molar-refractivity contribution in [3.8, 4) is 61.8 Å². The summed E-state index contributed by atoms with van der Waals surface area (Å²) in [6.07, 6.45) is 0. The monoisotopic (exact) mass is 715 g/mol. The maximum atomic E-state index is 6.09. The molecule has 56 heavy (non-hydrogen) atoms. The van der Waals surface area contributed by atoms with Crippen LogP contribution < -0.4 is 0 Å². The zero-order chi connectivity index (χ0) is 37.0. The van der Waals surface area contributed by atoms with E-state index in [9.17, 15) is 0 Å². The summed E-state index contributed by atoms with van der Waals surface area (Å²) in [7, 11) is 0. The Kier molecular flexibility index (Phi) is 7.46. The van der Waals surface area contributed by atoms with Gasteiger partial charge in [0.25, 0.3) is 0 Å². The van der Waals surface area contributed by atoms with Crippen molar-refractivity contribution < 1.29 is 4.42 Å². The molecule has 0 aliphatic carbocycles. The van der Waals surface area contributed by atoms with Gasteiger partial charge in [0.05, 0.1) is 22.4 Å². The molecule has 4 heteroatoms. The van der Waals surface area contributed by atoms with Crippen LogP contribution in [0, 0.1) is 0 Å². The Balaban J connectivity index is 0.981. The van der Waals surface area contributed by atoms with Gasteiger partial charge in [0.1, 0.15) is 11.2 Å². The average Bonchev–Trinajstić information content (AvgIpc) is 3.83. The second-order valence-corrected chi connectivity index (χ2v) is 14.2. The number of hydrogen-bond donors (Lipinski definition) is 0. The predicted octanol–water partition coefficient (Wildman–Crippen LogP) is 13.8. The first kappa shape index (κ1) is 31.9. The molecule has 0 saturated carbocycles. The van der Waals surface area contributed by atoms with Gasteiger partial charge in [0.2, 0.25) is 0 Å². The van der Waals surface area contributed by atoms with Gasteiger partial charge in [-0.1, -0.05) is 152 Å². The Morgan fingerprint density at radius 2 is 0.929 bits per heavy atom. The lowest BCUT2D eigenvalue weighted by Gasteiger charge is -2.11. The molecule has 0 amide bonds. The van der Waals surface area contributed by atoms with E-state index in [0.29, 0.717) is 5.82 Å². The summed E-state index contributed by atoms with van der Waals surface area (Å²) in [4.78, 5) is 10.1. The predicted molar refractivity (Wildman–Crippen MR) is 231 cm³/mol. The third-order valence-electron chi connectivity index (χ3n) is 10.9. The smallest absolute Gasteiger partial charge is 0.160 e. The van der Waals surface area contributed by atoms with E-state index in [-0.39, 0.29) is 0 Å². The van der Waals surface area contributed by atoms with Gasteiger partial charge in [0.15, 0.2) is 5.82 Å². The summed E-state index contributed by atoms with van der Waals surface area (Å²) in [5, 5.41) is 4.72. The molecule has 0 aliphatic heterocycles. The second-order valence-electron chi connectivity index (χ2n) is 14.2. The highest BCUT2D eigenvalue weighted by molar-refractivity contribution is 6.16. The van der Waals surface area contributed by atoms with Crippen molar-refractivity contribution in [2.75, 3.05) is 0 Å². The minimum atomic E-state index is 0.702. The first-order chi connectivity index (χ1) is 27.7. The van der Waals surface area contributed by atoms with Gasteiger partial charge in [-0.05, 0) is 70.8 Å². The van der Waals surface area contributed by atoms with Gasteiger partial charge in [-0.3, -0.25) is 0 Å². The molecule has 0 saturated heterocycles. The van der Waals surface area contributed by atoms with Crippen LogP contribution >= 0.6 is 0 Å². The normalized spacial score (nSPS) is 11.6. The van der Waals surface area contributed by atoms with Crippen molar-refractivity contribution in [1.29, 1.82) is 0 Å². The van der Waals surface area contributed by atoms with Crippen molar-refractivity contribution in [3.63, 3.8) is 0 Å². The van der Waals surface area contributed by atoms with E-state index >= 15 is 0 Å². The summed E-state index contributed by atoms with van der Waals surface area (Å²) in [6.45, 7) is 0. The van der Waals surface area contributed by atoms with Crippen LogP contribution in [-0.2, 0) is 0 Å². The molecule has 0 unspecified atom stereocenters. The van der Waals surface area contributed by atoms with Crippen LogP contribution in [0.25, 0.3) is 106 Å². The maximum Gasteiger partial charge on any atom is 0.160 e. The van der Waals surface area contributed by atoms with Crippen molar-refractivity contribution in [2.24, 2.45) is 0 Å². The molecule has 0 atom stereocenters. The quantitative estimate of drug-likeness (QED) is 0.172. The molecule has 0 N–H and O–H groups in total. The van der Waals surface area contributed by atoms with Crippen LogP contribution in [0.2, 0.25) is 0 Å². The Hall–Kier alpha value is -7.56. The van der Waals surface area contributed by atoms with Gasteiger partial charge in [-0.2, -0.15) is 0 Å². The molecule has 8 aromatic carbocycles. The summed E-state index contributed by atoms with van der Waals surface area (Å²) in [5.41, 5.74) is 14.8. The Morgan fingerprint density at radius 1 is 0.357 bits per heavy atom. The van der Waals surface area contributed by atoms with E-state index < -0.39 is 0 Å². The molecule has 11 rings (SSSR count). The molecule has 0 bridgehead atoms. The molecule has 0 spiro atoms. The highest BCUT2D eigenvalue weighted by Gasteiger charge is 2.17. The summed E-state index contributed by atoms with van der Waals surface area (Å²) in [5.74, 6) is 0.702. The fraction of sp³-hybridized carbons (Fsp3) is 0. The van der Waals surface area contributed by atoms with Gasteiger partial charge < -0.3 is 8.98 Å². The molecule has 4 nitrogen and oxygen atoms in total. The topological polar surface area (TPSA) is 43.9 Å². The van der Waals surface area contributed by atoms with E-state index in [4.69, 9.17) is 14.4 Å². The average molecular weight is 716 g/mol. The lowest BCUT2D eigenvalue weighted by Crippen LogP contribution is -1.96. The van der Waals surface area contributed by atoms with Crippen molar-refractivity contribution in [2.45, 2.75) is 0 Å². The van der Waals surface area contributed by atoms with E-state index in [1.165, 1.54) is 27.4 Å². The number of benzene rings is 8. The molecule has 11 aromatic rings. The number of hydrogen-bond acceptors (Lipinski definition) is 3. The number of rotatable bonds is 6. The minimum Gasteiger partial charge on any atom is -0.456 e. The Bertz CT molecular complexity index is 3160. The Labute approximate surface area is 323 Å². The number of nitrogens with zero attached hydrogens (tertiary/aromatic N) is 3. The van der Waals surface area contributed by atoms with Gasteiger partial charge in [-0.15, -0.1) is 0 Å². The highest BCUT2D eigenvalue weighted by atomic mass is 16.3. The molecule has 3 heterocycles. The summed E-state index contributed by atoms with van der Waals surface area (Å²) < 4.78 is 8.47. The fourth-order valence-corrected chi connectivity index (χ4v) is 8.14. The molecule has 0 aliphatic rings. The van der Waals surface area contributed by atoms with E-state index in [1.54, 1.807) is 0 Å². The largest absolute Gasteiger partial charge is 0.456 e. The van der Waals surface area contributed by atoms with E-state index in [2.05, 4.69) is 156 Å². The van der Waals surface area contributed by atoms with E-state index in [0.717, 1.165) is 72.4 Å². The number of furan rings is 1. The van der Waals surface area contributed by atoms with Gasteiger partial charge in [-0.25, -0.2) is 9.97 Å². The van der Waals surface area contributed by atoms with Crippen LogP contribution in [0.5, 0.6) is 0 Å². The standard InChI is InChI=1S/C52H33N3O/c1-3-12-36(13-4-1)45-33-46(37-14-5-2-6-15-37)54-52(53-45)38-24-22-35(23-25-38)41-18-11-20-48-51(41)43-17-7-9-19-47(43)55(48)40-29-26-34(27-30-40)39-28-31-50-44(32-39)42-16-8-10-21-49(42)56-50/h1-33H. The van der Waals surface area contributed by atoms with Crippen molar-refractivity contribution in [1.82, 2.24) is 14.5 Å². The van der Waals surface area contributed by atoms with Crippen LogP contribution in [-0.4, -0.2) is 14.5 Å². The number of fused-ring (bicyclic) bond motifs is 6. The van der Waals surface area contributed by atoms with Crippen molar-refractivity contribution >= 4 is 43.7 Å². The zero-order valence-electron chi connectivity index (χ0n) is 30.3. The third kappa shape index (κ3) is 5.39. The van der Waals surface area contributed by atoms with E-state index in [1.807, 2.05) is 48.5 Å². The fourth-order valence-electron chi connectivity index (χ4n) is 8.14. The molecule has 0 radical (unpaired) electrons. The maximum absolute atomic E-state index is 6.09. The zero-order valence-corrected chi connectivity index (χ0v) is 30.3. The molecule has 262 valence electrons. The van der Waals surface area contributed by atoms with Crippen molar-refractivity contribution in [3.05, 3.63) is 200 Å². The lowest BCUT2D eigenvalue weighted by molar-refractivity contribution is 0.669. The summed E-state index contributed by atoms with van der Waals surface area (Å²) in [6, 6.07) is 70.3. The van der Waals surface area contributed by atoms with Crippen LogP contribution in [0.3, 0.4) is 0 Å². The van der Waals surface area contributed by atoms with Crippen LogP contribution in [0.15, 0.2) is 205 Å². The summed E-state index contributed by atoms with van der Waals surface area (Å²) >= 11 is 0. The molecular formula is C52H33N3O. The number of aromatic nitrogens is 3. The molecular weight excluding hydrogens is 683 g/mol. The van der Waals surface area contributed by atoms with Crippen LogP contribution in [0.4, 0.5) is 0 Å². The Morgan fingerprint density at radius 3 is 1.66 bits per heavy atom. The lowest BCUT2D eigenvalue weighted by atomic mass is 9.98. The molecule has 0 fully saturated rings. The minimum absolute atomic E-state index is 0.702. The third-order valence-corrected chi connectivity index (χ3v) is 10.9. The highest BCUT2D eigenvalue weighted by Crippen LogP contribution is 2.40. The first-order valence-corrected chi connectivity index (χ1v) is 18.9. The SMILES string of the molecule is c1ccc(-c2cc(-c3ccccc3)nc(-c3ccc(-c4cccc5c4c4ccccc4n5-c4ccc(-c5ccc6oc7ccccc7c6c5)cc4)cc3)n2)cc1.